The number of nitrogens with one attached hydrogen (secondary N) is 1. The smallest absolute Gasteiger partial charge is 0.264 e. The highest BCUT2D eigenvalue weighted by atomic mass is 32.2. The summed E-state index contributed by atoms with van der Waals surface area (Å²) in [6, 6.07) is 22.9. The predicted molar refractivity (Wildman–Crippen MR) is 148 cm³/mol. The fraction of sp³-hybridized carbons (Fsp3) is 0.310. The molecule has 9 heteroatoms. The number of anilines is 1. The van der Waals surface area contributed by atoms with Gasteiger partial charge in [0, 0.05) is 12.6 Å². The first-order valence-electron chi connectivity index (χ1n) is 12.5. The normalized spacial score (nSPS) is 12.0. The fourth-order valence-corrected chi connectivity index (χ4v) is 5.49. The molecule has 0 fully saturated rings. The van der Waals surface area contributed by atoms with E-state index in [9.17, 15) is 18.0 Å². The third kappa shape index (κ3) is 7.13. The summed E-state index contributed by atoms with van der Waals surface area (Å²) in [5.74, 6) is -0.251. The zero-order valence-corrected chi connectivity index (χ0v) is 23.0. The molecule has 0 aromatic heterocycles. The highest BCUT2D eigenvalue weighted by Crippen LogP contribution is 2.26. The first-order chi connectivity index (χ1) is 18.2. The van der Waals surface area contributed by atoms with Gasteiger partial charge < -0.3 is 15.0 Å². The first kappa shape index (κ1) is 28.7. The van der Waals surface area contributed by atoms with Crippen LogP contribution in [0.2, 0.25) is 0 Å². The first-order valence-corrected chi connectivity index (χ1v) is 14.0. The van der Waals surface area contributed by atoms with E-state index < -0.39 is 28.5 Å². The molecular formula is C29H35N3O5S. The average molecular weight is 538 g/mol. The van der Waals surface area contributed by atoms with Crippen LogP contribution in [0.4, 0.5) is 5.69 Å². The molecule has 1 N–H and O–H groups in total. The molecule has 3 aromatic rings. The number of benzene rings is 3. The molecule has 0 aliphatic rings. The van der Waals surface area contributed by atoms with Crippen LogP contribution >= 0.6 is 0 Å². The van der Waals surface area contributed by atoms with Crippen LogP contribution in [-0.4, -0.2) is 50.9 Å². The van der Waals surface area contributed by atoms with Gasteiger partial charge in [-0.3, -0.25) is 13.9 Å². The summed E-state index contributed by atoms with van der Waals surface area (Å²) in [5, 5.41) is 2.89. The maximum atomic E-state index is 13.9. The predicted octanol–water partition coefficient (Wildman–Crippen LogP) is 4.22. The summed E-state index contributed by atoms with van der Waals surface area (Å²) in [7, 11) is -2.62. The van der Waals surface area contributed by atoms with Crippen LogP contribution in [0.5, 0.6) is 5.75 Å². The van der Waals surface area contributed by atoms with E-state index in [1.807, 2.05) is 51.1 Å². The van der Waals surface area contributed by atoms with Crippen LogP contribution < -0.4 is 14.4 Å². The molecule has 0 spiro atoms. The number of ether oxygens (including phenoxy) is 1. The van der Waals surface area contributed by atoms with Gasteiger partial charge in [0.2, 0.25) is 11.8 Å². The Morgan fingerprint density at radius 2 is 1.47 bits per heavy atom. The molecule has 2 amide bonds. The second-order valence-electron chi connectivity index (χ2n) is 9.12. The number of carbonyl (C=O) groups is 2. The van der Waals surface area contributed by atoms with Crippen molar-refractivity contribution < 1.29 is 22.7 Å². The minimum atomic E-state index is -4.12. The van der Waals surface area contributed by atoms with Crippen molar-refractivity contribution >= 4 is 27.5 Å². The summed E-state index contributed by atoms with van der Waals surface area (Å²) in [4.78, 5) is 28.5. The van der Waals surface area contributed by atoms with E-state index in [1.165, 1.54) is 24.1 Å². The Balaban J connectivity index is 2.02. The van der Waals surface area contributed by atoms with Crippen molar-refractivity contribution in [2.75, 3.05) is 18.0 Å². The van der Waals surface area contributed by atoms with Gasteiger partial charge in [-0.25, -0.2) is 8.42 Å². The van der Waals surface area contributed by atoms with E-state index in [2.05, 4.69) is 5.32 Å². The lowest BCUT2D eigenvalue weighted by Crippen LogP contribution is -2.53. The summed E-state index contributed by atoms with van der Waals surface area (Å²) in [6.07, 6.45) is 0.369. The van der Waals surface area contributed by atoms with Crippen LogP contribution in [0.25, 0.3) is 0 Å². The lowest BCUT2D eigenvalue weighted by atomic mass is 10.1. The van der Waals surface area contributed by atoms with Gasteiger partial charge in [-0.15, -0.1) is 0 Å². The number of hydrogen-bond acceptors (Lipinski definition) is 5. The van der Waals surface area contributed by atoms with E-state index in [0.29, 0.717) is 17.9 Å². The fourth-order valence-electron chi connectivity index (χ4n) is 4.08. The lowest BCUT2D eigenvalue weighted by molar-refractivity contribution is -0.140. The molecule has 0 heterocycles. The number of nitrogens with zero attached hydrogens (tertiary/aromatic N) is 2. The average Bonchev–Trinajstić information content (AvgIpc) is 2.92. The number of para-hydroxylation sites is 1. The van der Waals surface area contributed by atoms with Crippen molar-refractivity contribution in [1.82, 2.24) is 10.2 Å². The van der Waals surface area contributed by atoms with E-state index in [0.717, 1.165) is 9.87 Å². The van der Waals surface area contributed by atoms with Gasteiger partial charge in [0.25, 0.3) is 10.0 Å². The quantitative estimate of drug-likeness (QED) is 0.373. The number of carbonyl (C=O) groups excluding carboxylic acids is 2. The number of amides is 2. The van der Waals surface area contributed by atoms with Gasteiger partial charge in [-0.05, 0) is 62.2 Å². The minimum absolute atomic E-state index is 0.0224. The molecule has 1 atom stereocenters. The zero-order chi connectivity index (χ0) is 27.7. The SMILES string of the molecule is CC[C@H](C(=O)NC(C)C)N(Cc1ccccc1)C(=O)CN(c1ccccc1)S(=O)(=O)c1ccc(OC)cc1. The monoisotopic (exact) mass is 537 g/mol. The summed E-state index contributed by atoms with van der Waals surface area (Å²) in [5.41, 5.74) is 1.18. The standard InChI is InChI=1S/C29H35N3O5S/c1-5-27(29(34)30-22(2)3)31(20-23-12-8-6-9-13-23)28(33)21-32(24-14-10-7-11-15-24)38(35,36)26-18-16-25(37-4)17-19-26/h6-19,22,27H,5,20-21H2,1-4H3,(H,30,34)/t27-/m1/s1. The molecule has 0 unspecified atom stereocenters. The Bertz CT molecular complexity index is 1300. The Kier molecular flexibility index (Phi) is 9.90. The third-order valence-corrected chi connectivity index (χ3v) is 7.77. The number of hydrogen-bond donors (Lipinski definition) is 1. The molecule has 0 saturated heterocycles. The molecule has 0 radical (unpaired) electrons. The van der Waals surface area contributed by atoms with Crippen LogP contribution in [0, 0.1) is 0 Å². The minimum Gasteiger partial charge on any atom is -0.497 e. The zero-order valence-electron chi connectivity index (χ0n) is 22.2. The van der Waals surface area contributed by atoms with E-state index in [4.69, 9.17) is 4.74 Å². The number of methoxy groups -OCH3 is 1. The number of rotatable bonds is 12. The topological polar surface area (TPSA) is 96.0 Å². The molecule has 0 aliphatic carbocycles. The molecule has 38 heavy (non-hydrogen) atoms. The number of sulfonamides is 1. The lowest BCUT2D eigenvalue weighted by Gasteiger charge is -2.33. The molecule has 3 rings (SSSR count). The molecule has 3 aromatic carbocycles. The van der Waals surface area contributed by atoms with Crippen molar-refractivity contribution in [3.8, 4) is 5.75 Å². The van der Waals surface area contributed by atoms with Crippen molar-refractivity contribution in [2.45, 2.75) is 50.7 Å². The molecule has 8 nitrogen and oxygen atoms in total. The maximum absolute atomic E-state index is 13.9. The Morgan fingerprint density at radius 3 is 2.00 bits per heavy atom. The molecule has 0 aliphatic heterocycles. The maximum Gasteiger partial charge on any atom is 0.264 e. The van der Waals surface area contributed by atoms with Gasteiger partial charge >= 0.3 is 0 Å². The van der Waals surface area contributed by atoms with Gasteiger partial charge in [0.1, 0.15) is 18.3 Å². The Morgan fingerprint density at radius 1 is 0.895 bits per heavy atom. The van der Waals surface area contributed by atoms with Crippen molar-refractivity contribution in [3.63, 3.8) is 0 Å². The summed E-state index contributed by atoms with van der Waals surface area (Å²) < 4.78 is 33.9. The van der Waals surface area contributed by atoms with Gasteiger partial charge in [-0.2, -0.15) is 0 Å². The van der Waals surface area contributed by atoms with Crippen molar-refractivity contribution in [2.24, 2.45) is 0 Å². The van der Waals surface area contributed by atoms with Crippen LogP contribution in [0.15, 0.2) is 89.8 Å². The van der Waals surface area contributed by atoms with Crippen LogP contribution in [0.3, 0.4) is 0 Å². The Labute approximate surface area is 225 Å². The van der Waals surface area contributed by atoms with Crippen LogP contribution in [-0.2, 0) is 26.2 Å². The van der Waals surface area contributed by atoms with E-state index in [-0.39, 0.29) is 23.4 Å². The molecular weight excluding hydrogens is 502 g/mol. The van der Waals surface area contributed by atoms with Gasteiger partial charge in [0.05, 0.1) is 17.7 Å². The van der Waals surface area contributed by atoms with E-state index >= 15 is 0 Å². The largest absolute Gasteiger partial charge is 0.497 e. The molecule has 202 valence electrons. The Hall–Kier alpha value is -3.85. The van der Waals surface area contributed by atoms with E-state index in [1.54, 1.807) is 42.5 Å². The summed E-state index contributed by atoms with van der Waals surface area (Å²) >= 11 is 0. The van der Waals surface area contributed by atoms with Crippen molar-refractivity contribution in [1.29, 1.82) is 0 Å². The van der Waals surface area contributed by atoms with Crippen LogP contribution in [0.1, 0.15) is 32.8 Å². The van der Waals surface area contributed by atoms with Crippen molar-refractivity contribution in [3.05, 3.63) is 90.5 Å². The highest BCUT2D eigenvalue weighted by molar-refractivity contribution is 7.92. The van der Waals surface area contributed by atoms with Gasteiger partial charge in [-0.1, -0.05) is 55.5 Å². The highest BCUT2D eigenvalue weighted by Gasteiger charge is 2.33. The second-order valence-corrected chi connectivity index (χ2v) is 11.0. The second kappa shape index (κ2) is 13.1. The summed E-state index contributed by atoms with van der Waals surface area (Å²) in [6.45, 7) is 5.23. The third-order valence-electron chi connectivity index (χ3n) is 5.98. The molecule has 0 saturated carbocycles. The van der Waals surface area contributed by atoms with Gasteiger partial charge in [0.15, 0.2) is 0 Å². The molecule has 0 bridgehead atoms.